The first-order valence-corrected chi connectivity index (χ1v) is 6.05. The van der Waals surface area contributed by atoms with Crippen LogP contribution in [-0.4, -0.2) is 4.98 Å². The zero-order valence-corrected chi connectivity index (χ0v) is 11.3. The summed E-state index contributed by atoms with van der Waals surface area (Å²) in [4.78, 5) is 4.10. The van der Waals surface area contributed by atoms with Crippen LogP contribution < -0.4 is 0 Å². The number of benzene rings is 1. The Bertz CT molecular complexity index is 517. The molecule has 0 unspecified atom stereocenters. The Morgan fingerprint density at radius 2 is 1.88 bits per heavy atom. The van der Waals surface area contributed by atoms with Crippen LogP contribution in [0.4, 0.5) is 0 Å². The summed E-state index contributed by atoms with van der Waals surface area (Å²) in [5.74, 6) is 0. The molecule has 0 amide bonds. The van der Waals surface area contributed by atoms with Gasteiger partial charge >= 0.3 is 0 Å². The lowest BCUT2D eigenvalue weighted by Crippen LogP contribution is -2.24. The van der Waals surface area contributed by atoms with E-state index in [1.807, 2.05) is 6.07 Å². The number of rotatable bonds is 2. The predicted molar refractivity (Wildman–Crippen MR) is 69.9 cm³/mol. The maximum absolute atomic E-state index is 5.15. The van der Waals surface area contributed by atoms with E-state index in [-0.39, 0.29) is 5.41 Å². The molecule has 0 saturated carbocycles. The molecule has 0 atom stereocenters. The number of hydrogen-bond acceptors (Lipinski definition) is 2. The Balaban J connectivity index is 2.37. The highest BCUT2D eigenvalue weighted by Gasteiger charge is 2.27. The Morgan fingerprint density at radius 1 is 1.18 bits per heavy atom. The first kappa shape index (κ1) is 12.2. The Labute approximate surface area is 103 Å². The van der Waals surface area contributed by atoms with Gasteiger partial charge in [0.25, 0.3) is 6.39 Å². The summed E-state index contributed by atoms with van der Waals surface area (Å²) in [6, 6.07) is 6.23. The van der Waals surface area contributed by atoms with Crippen LogP contribution in [0.3, 0.4) is 0 Å². The highest BCUT2D eigenvalue weighted by Crippen LogP contribution is 2.36. The van der Waals surface area contributed by atoms with Crippen LogP contribution in [0.15, 0.2) is 22.6 Å². The molecule has 1 aromatic carbocycles. The van der Waals surface area contributed by atoms with Crippen molar-refractivity contribution in [2.24, 2.45) is 5.41 Å². The fourth-order valence-corrected chi connectivity index (χ4v) is 2.66. The number of fused-ring (bicyclic) bond motifs is 1. The number of oxazole rings is 1. The molecule has 2 rings (SSSR count). The number of hydrogen-bond donors (Lipinski definition) is 0. The van der Waals surface area contributed by atoms with Gasteiger partial charge in [-0.3, -0.25) is 0 Å². The van der Waals surface area contributed by atoms with Gasteiger partial charge in [0, 0.05) is 0 Å². The second-order valence-corrected chi connectivity index (χ2v) is 6.61. The maximum atomic E-state index is 5.15. The topological polar surface area (TPSA) is 26.0 Å². The summed E-state index contributed by atoms with van der Waals surface area (Å²) >= 11 is 0. The van der Waals surface area contributed by atoms with Crippen molar-refractivity contribution in [3.63, 3.8) is 0 Å². The minimum Gasteiger partial charge on any atom is -0.432 e. The Kier molecular flexibility index (Phi) is 2.76. The van der Waals surface area contributed by atoms with Crippen LogP contribution in [-0.2, 0) is 5.41 Å². The number of aromatic nitrogens is 1. The molecule has 2 aromatic rings. The SMILES string of the molecule is CC(C)(C)CC(C)(C)c1ccc2o[c]nc2c1. The van der Waals surface area contributed by atoms with Crippen molar-refractivity contribution in [3.05, 3.63) is 30.2 Å². The lowest BCUT2D eigenvalue weighted by molar-refractivity contribution is 0.284. The average molecular weight is 230 g/mol. The first-order valence-electron chi connectivity index (χ1n) is 6.05. The van der Waals surface area contributed by atoms with E-state index in [9.17, 15) is 0 Å². The molecular weight excluding hydrogens is 210 g/mol. The van der Waals surface area contributed by atoms with E-state index in [1.54, 1.807) is 0 Å². The van der Waals surface area contributed by atoms with Gasteiger partial charge in [-0.15, -0.1) is 0 Å². The molecule has 0 aliphatic carbocycles. The van der Waals surface area contributed by atoms with E-state index in [0.29, 0.717) is 5.41 Å². The fraction of sp³-hybridized carbons (Fsp3) is 0.533. The van der Waals surface area contributed by atoms with Crippen molar-refractivity contribution < 1.29 is 4.42 Å². The minimum atomic E-state index is 0.144. The Hall–Kier alpha value is -1.31. The average Bonchev–Trinajstić information content (AvgIpc) is 2.59. The zero-order valence-electron chi connectivity index (χ0n) is 11.3. The summed E-state index contributed by atoms with van der Waals surface area (Å²) in [6.45, 7) is 11.4. The fourth-order valence-electron chi connectivity index (χ4n) is 2.66. The van der Waals surface area contributed by atoms with Gasteiger partial charge in [0.05, 0.1) is 0 Å². The summed E-state index contributed by atoms with van der Waals surface area (Å²) in [7, 11) is 0. The quantitative estimate of drug-likeness (QED) is 0.767. The van der Waals surface area contributed by atoms with Crippen molar-refractivity contribution in [1.29, 1.82) is 0 Å². The van der Waals surface area contributed by atoms with Crippen LogP contribution in [0.2, 0.25) is 0 Å². The highest BCUT2D eigenvalue weighted by atomic mass is 16.3. The summed E-state index contributed by atoms with van der Waals surface area (Å²) in [5.41, 5.74) is 3.46. The van der Waals surface area contributed by atoms with E-state index < -0.39 is 0 Å². The minimum absolute atomic E-state index is 0.144. The maximum Gasteiger partial charge on any atom is 0.284 e. The van der Waals surface area contributed by atoms with E-state index in [2.05, 4.69) is 58.1 Å². The van der Waals surface area contributed by atoms with E-state index in [1.165, 1.54) is 5.56 Å². The van der Waals surface area contributed by atoms with Crippen molar-refractivity contribution in [3.8, 4) is 0 Å². The van der Waals surface area contributed by atoms with Gasteiger partial charge in [-0.25, -0.2) is 4.98 Å². The molecule has 91 valence electrons. The molecule has 1 radical (unpaired) electrons. The van der Waals surface area contributed by atoms with Gasteiger partial charge in [-0.2, -0.15) is 0 Å². The molecule has 17 heavy (non-hydrogen) atoms. The van der Waals surface area contributed by atoms with E-state index in [0.717, 1.165) is 17.5 Å². The van der Waals surface area contributed by atoms with Crippen LogP contribution in [0.5, 0.6) is 0 Å². The van der Waals surface area contributed by atoms with Crippen LogP contribution in [0.25, 0.3) is 11.1 Å². The molecular formula is C15H20NO. The van der Waals surface area contributed by atoms with E-state index in [4.69, 9.17) is 4.42 Å². The molecule has 0 N–H and O–H groups in total. The Morgan fingerprint density at radius 3 is 2.53 bits per heavy atom. The predicted octanol–water partition coefficient (Wildman–Crippen LogP) is 4.34. The van der Waals surface area contributed by atoms with Crippen molar-refractivity contribution in [2.75, 3.05) is 0 Å². The third-order valence-electron chi connectivity index (χ3n) is 3.03. The molecule has 2 nitrogen and oxygen atoms in total. The van der Waals surface area contributed by atoms with E-state index >= 15 is 0 Å². The number of nitrogens with zero attached hydrogens (tertiary/aromatic N) is 1. The van der Waals surface area contributed by atoms with Gasteiger partial charge in [-0.05, 0) is 34.9 Å². The standard InChI is InChI=1S/C15H20NO/c1-14(2,3)9-15(4,5)11-6-7-13-12(8-11)16-10-17-13/h6-8H,9H2,1-5H3. The molecule has 0 aliphatic heterocycles. The molecule has 1 aromatic heterocycles. The second-order valence-electron chi connectivity index (χ2n) is 6.61. The second kappa shape index (κ2) is 3.86. The van der Waals surface area contributed by atoms with Gasteiger partial charge in [0.2, 0.25) is 0 Å². The lowest BCUT2D eigenvalue weighted by Gasteiger charge is -2.32. The smallest absolute Gasteiger partial charge is 0.284 e. The molecule has 0 saturated heterocycles. The zero-order chi connectivity index (χ0) is 12.7. The summed E-state index contributed by atoms with van der Waals surface area (Å²) < 4.78 is 5.15. The monoisotopic (exact) mass is 230 g/mol. The molecule has 0 fully saturated rings. The molecule has 1 heterocycles. The van der Waals surface area contributed by atoms with Gasteiger partial charge in [0.15, 0.2) is 5.58 Å². The molecule has 2 heteroatoms. The summed E-state index contributed by atoms with van der Waals surface area (Å²) in [6.07, 6.45) is 3.67. The molecule has 0 spiro atoms. The van der Waals surface area contributed by atoms with Crippen molar-refractivity contribution in [2.45, 2.75) is 46.5 Å². The van der Waals surface area contributed by atoms with Crippen molar-refractivity contribution in [1.82, 2.24) is 4.98 Å². The largest absolute Gasteiger partial charge is 0.432 e. The van der Waals surface area contributed by atoms with Gasteiger partial charge in [-0.1, -0.05) is 40.7 Å². The van der Waals surface area contributed by atoms with Crippen LogP contribution >= 0.6 is 0 Å². The highest BCUT2D eigenvalue weighted by molar-refractivity contribution is 5.73. The molecule has 0 aliphatic rings. The van der Waals surface area contributed by atoms with Gasteiger partial charge in [0.1, 0.15) is 5.52 Å². The third kappa shape index (κ3) is 2.68. The van der Waals surface area contributed by atoms with Crippen LogP contribution in [0.1, 0.15) is 46.6 Å². The normalized spacial score (nSPS) is 13.2. The lowest BCUT2D eigenvalue weighted by atomic mass is 9.72. The van der Waals surface area contributed by atoms with Crippen LogP contribution in [0, 0.1) is 11.8 Å². The van der Waals surface area contributed by atoms with Gasteiger partial charge < -0.3 is 4.42 Å². The first-order chi connectivity index (χ1) is 7.78. The third-order valence-corrected chi connectivity index (χ3v) is 3.03. The summed E-state index contributed by atoms with van der Waals surface area (Å²) in [5, 5.41) is 0. The van der Waals surface area contributed by atoms with Crippen molar-refractivity contribution >= 4 is 11.1 Å². The molecule has 0 bridgehead atoms.